The fourth-order valence-electron chi connectivity index (χ4n) is 2.89. The van der Waals surface area contributed by atoms with Gasteiger partial charge in [0.2, 0.25) is 0 Å². The van der Waals surface area contributed by atoms with Gasteiger partial charge in [0, 0.05) is 31.4 Å². The molecule has 1 amide bonds. The lowest BCUT2D eigenvalue weighted by Gasteiger charge is -2.16. The van der Waals surface area contributed by atoms with E-state index < -0.39 is 0 Å². The van der Waals surface area contributed by atoms with Gasteiger partial charge in [-0.25, -0.2) is 0 Å². The van der Waals surface area contributed by atoms with Crippen molar-refractivity contribution in [3.63, 3.8) is 0 Å². The number of likely N-dealkylation sites (tertiary alicyclic amines) is 1. The van der Waals surface area contributed by atoms with Gasteiger partial charge in [-0.05, 0) is 19.4 Å². The Hall–Kier alpha value is -1.88. The number of aliphatic hydroxyl groups is 1. The summed E-state index contributed by atoms with van der Waals surface area (Å²) in [5.74, 6) is 0.138. The molecule has 2 unspecified atom stereocenters. The molecular formula is C15H19N3O2. The minimum atomic E-state index is -0.367. The molecule has 2 heterocycles. The van der Waals surface area contributed by atoms with Gasteiger partial charge in [-0.1, -0.05) is 18.2 Å². The number of carbonyl (C=O) groups is 1. The largest absolute Gasteiger partial charge is 0.393 e. The zero-order valence-electron chi connectivity index (χ0n) is 11.8. The van der Waals surface area contributed by atoms with E-state index in [2.05, 4.69) is 5.10 Å². The Balaban J connectivity index is 1.90. The number of aromatic nitrogens is 2. The average molecular weight is 273 g/mol. The number of hydrogen-bond donors (Lipinski definition) is 1. The van der Waals surface area contributed by atoms with Gasteiger partial charge in [0.1, 0.15) is 0 Å². The van der Waals surface area contributed by atoms with Crippen molar-refractivity contribution >= 4 is 16.8 Å². The van der Waals surface area contributed by atoms with Crippen LogP contribution in [0.4, 0.5) is 0 Å². The van der Waals surface area contributed by atoms with Crippen LogP contribution in [0.3, 0.4) is 0 Å². The SMILES string of the molecule is CC(O)C1CCN(C(=O)c2nn(C)c3ccccc23)C1. The maximum Gasteiger partial charge on any atom is 0.275 e. The number of amides is 1. The highest BCUT2D eigenvalue weighted by Gasteiger charge is 2.31. The molecule has 1 fully saturated rings. The second kappa shape index (κ2) is 4.90. The van der Waals surface area contributed by atoms with Gasteiger partial charge in [-0.2, -0.15) is 5.10 Å². The van der Waals surface area contributed by atoms with Crippen LogP contribution in [-0.4, -0.2) is 44.9 Å². The van der Waals surface area contributed by atoms with E-state index in [1.54, 1.807) is 16.5 Å². The number of para-hydroxylation sites is 1. The molecule has 0 saturated carbocycles. The Morgan fingerprint density at radius 2 is 2.20 bits per heavy atom. The maximum absolute atomic E-state index is 12.6. The van der Waals surface area contributed by atoms with Crippen molar-refractivity contribution in [3.05, 3.63) is 30.0 Å². The third-order valence-corrected chi connectivity index (χ3v) is 4.15. The molecule has 1 aliphatic rings. The first-order valence-electron chi connectivity index (χ1n) is 6.97. The highest BCUT2D eigenvalue weighted by atomic mass is 16.3. The Labute approximate surface area is 117 Å². The van der Waals surface area contributed by atoms with Crippen molar-refractivity contribution < 1.29 is 9.90 Å². The second-order valence-corrected chi connectivity index (χ2v) is 5.53. The third kappa shape index (κ3) is 2.08. The molecule has 106 valence electrons. The van der Waals surface area contributed by atoms with Gasteiger partial charge in [-0.3, -0.25) is 9.48 Å². The van der Waals surface area contributed by atoms with Gasteiger partial charge in [-0.15, -0.1) is 0 Å². The van der Waals surface area contributed by atoms with E-state index in [0.29, 0.717) is 18.8 Å². The molecule has 3 rings (SSSR count). The first-order valence-corrected chi connectivity index (χ1v) is 6.97. The fraction of sp³-hybridized carbons (Fsp3) is 0.467. The van der Waals surface area contributed by atoms with Crippen LogP contribution in [0.1, 0.15) is 23.8 Å². The standard InChI is InChI=1S/C15H19N3O2/c1-10(19)11-7-8-18(9-11)15(20)14-12-5-3-4-6-13(12)17(2)16-14/h3-6,10-11,19H,7-9H2,1-2H3. The average Bonchev–Trinajstić information content (AvgIpc) is 3.04. The summed E-state index contributed by atoms with van der Waals surface area (Å²) < 4.78 is 1.74. The number of benzene rings is 1. The molecule has 20 heavy (non-hydrogen) atoms. The molecule has 1 saturated heterocycles. The molecule has 1 N–H and O–H groups in total. The summed E-state index contributed by atoms with van der Waals surface area (Å²) in [7, 11) is 1.85. The molecule has 0 aliphatic carbocycles. The van der Waals surface area contributed by atoms with Crippen LogP contribution >= 0.6 is 0 Å². The van der Waals surface area contributed by atoms with E-state index >= 15 is 0 Å². The van der Waals surface area contributed by atoms with Crippen molar-refractivity contribution in [1.29, 1.82) is 0 Å². The fourth-order valence-corrected chi connectivity index (χ4v) is 2.89. The minimum Gasteiger partial charge on any atom is -0.393 e. The Morgan fingerprint density at radius 3 is 2.90 bits per heavy atom. The number of aliphatic hydroxyl groups excluding tert-OH is 1. The molecule has 1 aromatic carbocycles. The topological polar surface area (TPSA) is 58.4 Å². The molecule has 0 radical (unpaired) electrons. The quantitative estimate of drug-likeness (QED) is 0.900. The summed E-state index contributed by atoms with van der Waals surface area (Å²) in [6, 6.07) is 7.75. The number of fused-ring (bicyclic) bond motifs is 1. The van der Waals surface area contributed by atoms with Gasteiger partial charge < -0.3 is 10.0 Å². The van der Waals surface area contributed by atoms with Crippen LogP contribution in [-0.2, 0) is 7.05 Å². The van der Waals surface area contributed by atoms with Crippen LogP contribution in [0.25, 0.3) is 10.9 Å². The van der Waals surface area contributed by atoms with Crippen LogP contribution < -0.4 is 0 Å². The second-order valence-electron chi connectivity index (χ2n) is 5.53. The first-order chi connectivity index (χ1) is 9.58. The van der Waals surface area contributed by atoms with E-state index in [4.69, 9.17) is 0 Å². The van der Waals surface area contributed by atoms with Gasteiger partial charge >= 0.3 is 0 Å². The Morgan fingerprint density at radius 1 is 1.45 bits per heavy atom. The zero-order valence-corrected chi connectivity index (χ0v) is 11.8. The summed E-state index contributed by atoms with van der Waals surface area (Å²) in [6.07, 6.45) is 0.488. The minimum absolute atomic E-state index is 0.0371. The number of hydrogen-bond acceptors (Lipinski definition) is 3. The molecule has 5 nitrogen and oxygen atoms in total. The van der Waals surface area contributed by atoms with Crippen LogP contribution in [0.2, 0.25) is 0 Å². The summed E-state index contributed by atoms with van der Waals surface area (Å²) in [4.78, 5) is 14.4. The number of rotatable bonds is 2. The van der Waals surface area contributed by atoms with E-state index in [9.17, 15) is 9.90 Å². The van der Waals surface area contributed by atoms with Gasteiger partial charge in [0.25, 0.3) is 5.91 Å². The normalized spacial score (nSPS) is 20.6. The van der Waals surface area contributed by atoms with Gasteiger partial charge in [0.05, 0.1) is 11.6 Å². The predicted octanol–water partition coefficient (Wildman–Crippen LogP) is 1.42. The number of aryl methyl sites for hydroxylation is 1. The molecule has 0 bridgehead atoms. The molecule has 1 aliphatic heterocycles. The molecule has 0 spiro atoms. The zero-order chi connectivity index (χ0) is 14.3. The third-order valence-electron chi connectivity index (χ3n) is 4.15. The summed E-state index contributed by atoms with van der Waals surface area (Å²) in [5.41, 5.74) is 1.47. The molecule has 2 atom stereocenters. The van der Waals surface area contributed by atoms with E-state index in [1.165, 1.54) is 0 Å². The molecule has 1 aromatic heterocycles. The van der Waals surface area contributed by atoms with Crippen molar-refractivity contribution in [2.45, 2.75) is 19.4 Å². The Kier molecular flexibility index (Phi) is 3.22. The molecule has 2 aromatic rings. The summed E-state index contributed by atoms with van der Waals surface area (Å²) >= 11 is 0. The van der Waals surface area contributed by atoms with Crippen molar-refractivity contribution in [2.75, 3.05) is 13.1 Å². The highest BCUT2D eigenvalue weighted by Crippen LogP contribution is 2.24. The monoisotopic (exact) mass is 273 g/mol. The molecule has 5 heteroatoms. The van der Waals surface area contributed by atoms with Crippen LogP contribution in [0.5, 0.6) is 0 Å². The number of carbonyl (C=O) groups excluding carboxylic acids is 1. The smallest absolute Gasteiger partial charge is 0.275 e. The lowest BCUT2D eigenvalue weighted by Crippen LogP contribution is -2.30. The van der Waals surface area contributed by atoms with Crippen LogP contribution in [0.15, 0.2) is 24.3 Å². The van der Waals surface area contributed by atoms with E-state index in [-0.39, 0.29) is 17.9 Å². The lowest BCUT2D eigenvalue weighted by atomic mass is 10.0. The van der Waals surface area contributed by atoms with Crippen molar-refractivity contribution in [2.24, 2.45) is 13.0 Å². The van der Waals surface area contributed by atoms with E-state index in [0.717, 1.165) is 17.3 Å². The van der Waals surface area contributed by atoms with Gasteiger partial charge in [0.15, 0.2) is 5.69 Å². The highest BCUT2D eigenvalue weighted by molar-refractivity contribution is 6.04. The molecular weight excluding hydrogens is 254 g/mol. The summed E-state index contributed by atoms with van der Waals surface area (Å²) in [5, 5.41) is 14.9. The van der Waals surface area contributed by atoms with Crippen molar-refractivity contribution in [3.8, 4) is 0 Å². The van der Waals surface area contributed by atoms with Crippen LogP contribution in [0, 0.1) is 5.92 Å². The Bertz CT molecular complexity index is 648. The summed E-state index contributed by atoms with van der Waals surface area (Å²) in [6.45, 7) is 3.09. The number of nitrogens with zero attached hydrogens (tertiary/aromatic N) is 3. The first kappa shape index (κ1) is 13.1. The maximum atomic E-state index is 12.6. The van der Waals surface area contributed by atoms with E-state index in [1.807, 2.05) is 31.3 Å². The van der Waals surface area contributed by atoms with Crippen molar-refractivity contribution in [1.82, 2.24) is 14.7 Å². The predicted molar refractivity (Wildman–Crippen MR) is 76.4 cm³/mol. The lowest BCUT2D eigenvalue weighted by molar-refractivity contribution is 0.0758.